The first-order chi connectivity index (χ1) is 18.3. The van der Waals surface area contributed by atoms with Crippen molar-refractivity contribution < 1.29 is 46.3 Å². The SMILES string of the molecule is CCOC(=O)[C@@H](NP(C)(=O)OP(=O)(OC)OC[C@H]1O[C@@H](n2cnc3c(N)nc(Cl)nc32)[C@H](F)C1O)C(C)CC. The Bertz CT molecular complexity index is 1270. The Hall–Kier alpha value is -1.74. The zero-order valence-corrected chi connectivity index (χ0v) is 24.4. The Morgan fingerprint density at radius 3 is 2.69 bits per heavy atom. The molecule has 8 atom stereocenters. The van der Waals surface area contributed by atoms with Crippen LogP contribution in [0.2, 0.25) is 5.28 Å². The van der Waals surface area contributed by atoms with Gasteiger partial charge in [0.15, 0.2) is 23.9 Å². The molecular formula is C20H32ClFN6O9P2. The second kappa shape index (κ2) is 12.8. The zero-order chi connectivity index (χ0) is 29.1. The normalized spacial score (nSPS) is 26.2. The Kier molecular flexibility index (Phi) is 10.5. The third-order valence-corrected chi connectivity index (χ3v) is 9.87. The number of phosphoric acid groups is 1. The van der Waals surface area contributed by atoms with Gasteiger partial charge in [-0.15, -0.1) is 0 Å². The molecule has 15 nitrogen and oxygen atoms in total. The molecule has 2 aromatic heterocycles. The van der Waals surface area contributed by atoms with Crippen LogP contribution >= 0.6 is 26.9 Å². The number of aromatic nitrogens is 4. The van der Waals surface area contributed by atoms with E-state index >= 15 is 4.39 Å². The van der Waals surface area contributed by atoms with Gasteiger partial charge < -0.3 is 20.3 Å². The first-order valence-electron chi connectivity index (χ1n) is 11.9. The number of esters is 1. The summed E-state index contributed by atoms with van der Waals surface area (Å²) in [6.07, 6.45) is -4.79. The van der Waals surface area contributed by atoms with Crippen LogP contribution in [0.5, 0.6) is 0 Å². The smallest absolute Gasteiger partial charge is 0.465 e. The van der Waals surface area contributed by atoms with Gasteiger partial charge in [0.2, 0.25) is 5.28 Å². The summed E-state index contributed by atoms with van der Waals surface area (Å²) in [5.74, 6) is -1.00. The third kappa shape index (κ3) is 7.32. The number of hydrogen-bond donors (Lipinski definition) is 3. The standard InChI is InChI=1S/C20H32ClFN6O9P2/c1-6-10(3)13(19(30)34-7-2)27-38(5,31)37-39(32,33-4)35-8-11-15(29)12(22)18(36-11)28-9-24-14-16(23)25-20(21)26-17(14)28/h9-13,15,18,29H,6-8H2,1-5H3,(H,27,31)(H2,23,25,26)/t10?,11-,12-,13+,15?,18-,38?,39?/m1/s1. The number of aliphatic hydroxyl groups is 1. The number of nitrogens with one attached hydrogen (secondary N) is 1. The van der Waals surface area contributed by atoms with Crippen molar-refractivity contribution in [2.24, 2.45) is 5.92 Å². The highest BCUT2D eigenvalue weighted by molar-refractivity contribution is 7.66. The Balaban J connectivity index is 1.71. The van der Waals surface area contributed by atoms with Gasteiger partial charge in [0.05, 0.1) is 19.5 Å². The maximum atomic E-state index is 15.1. The molecule has 0 aromatic carbocycles. The number of aliphatic hydroxyl groups excluding tert-OH is 1. The number of nitrogens with zero attached hydrogens (tertiary/aromatic N) is 4. The summed E-state index contributed by atoms with van der Waals surface area (Å²) < 4.78 is 68.4. The molecule has 220 valence electrons. The van der Waals surface area contributed by atoms with Gasteiger partial charge in [-0.1, -0.05) is 20.3 Å². The van der Waals surface area contributed by atoms with Crippen molar-refractivity contribution in [1.29, 1.82) is 0 Å². The Morgan fingerprint density at radius 2 is 2.08 bits per heavy atom. The van der Waals surface area contributed by atoms with Gasteiger partial charge in [-0.05, 0) is 24.4 Å². The van der Waals surface area contributed by atoms with Gasteiger partial charge in [-0.3, -0.25) is 23.0 Å². The molecule has 1 aliphatic rings. The van der Waals surface area contributed by atoms with Crippen molar-refractivity contribution in [2.75, 3.05) is 32.7 Å². The molecule has 0 radical (unpaired) electrons. The Labute approximate surface area is 229 Å². The van der Waals surface area contributed by atoms with Crippen LogP contribution in [0.1, 0.15) is 33.4 Å². The molecule has 0 amide bonds. The van der Waals surface area contributed by atoms with Crippen molar-refractivity contribution in [1.82, 2.24) is 24.6 Å². The molecule has 4 N–H and O–H groups in total. The van der Waals surface area contributed by atoms with Gasteiger partial charge in [-0.25, -0.2) is 23.3 Å². The molecule has 4 unspecified atom stereocenters. The molecule has 2 aromatic rings. The van der Waals surface area contributed by atoms with E-state index in [1.807, 2.05) is 6.92 Å². The molecule has 1 saturated heterocycles. The molecule has 0 saturated carbocycles. The first kappa shape index (κ1) is 31.8. The van der Waals surface area contributed by atoms with E-state index in [-0.39, 0.29) is 34.8 Å². The van der Waals surface area contributed by atoms with Gasteiger partial charge in [0.25, 0.3) is 7.52 Å². The zero-order valence-electron chi connectivity index (χ0n) is 21.9. The van der Waals surface area contributed by atoms with Crippen molar-refractivity contribution in [3.63, 3.8) is 0 Å². The highest BCUT2D eigenvalue weighted by atomic mass is 35.5. The number of phosphoric ester groups is 1. The average molecular weight is 617 g/mol. The lowest BCUT2D eigenvalue weighted by Gasteiger charge is -2.28. The molecule has 1 fully saturated rings. The fourth-order valence-corrected chi connectivity index (χ4v) is 7.43. The van der Waals surface area contributed by atoms with Crippen LogP contribution in [0.25, 0.3) is 11.2 Å². The number of rotatable bonds is 13. The van der Waals surface area contributed by atoms with Crippen molar-refractivity contribution >= 4 is 49.9 Å². The van der Waals surface area contributed by atoms with E-state index in [1.165, 1.54) is 10.9 Å². The van der Waals surface area contributed by atoms with Gasteiger partial charge >= 0.3 is 13.8 Å². The van der Waals surface area contributed by atoms with Crippen LogP contribution in [-0.4, -0.2) is 82.0 Å². The molecule has 19 heteroatoms. The number of carbonyl (C=O) groups is 1. The lowest BCUT2D eigenvalue weighted by atomic mass is 10.0. The number of halogens is 2. The second-order valence-electron chi connectivity index (χ2n) is 8.80. The predicted octanol–water partition coefficient (Wildman–Crippen LogP) is 2.84. The minimum absolute atomic E-state index is 0.0353. The van der Waals surface area contributed by atoms with Gasteiger partial charge in [-0.2, -0.15) is 9.97 Å². The molecule has 0 bridgehead atoms. The summed E-state index contributed by atoms with van der Waals surface area (Å²) in [5, 5.41) is 12.8. The number of imidazole rings is 1. The molecular weight excluding hydrogens is 585 g/mol. The van der Waals surface area contributed by atoms with E-state index in [2.05, 4.69) is 20.0 Å². The fourth-order valence-electron chi connectivity index (χ4n) is 3.78. The van der Waals surface area contributed by atoms with E-state index in [4.69, 9.17) is 40.2 Å². The number of nitrogens with two attached hydrogens (primary N) is 1. The number of ether oxygens (including phenoxy) is 2. The number of alkyl halides is 1. The quantitative estimate of drug-likeness (QED) is 0.168. The maximum Gasteiger partial charge on any atom is 0.481 e. The Morgan fingerprint density at radius 1 is 1.38 bits per heavy atom. The summed E-state index contributed by atoms with van der Waals surface area (Å²) in [6, 6.07) is -1.03. The average Bonchev–Trinajstić information content (AvgIpc) is 3.41. The molecule has 1 aliphatic heterocycles. The van der Waals surface area contributed by atoms with Crippen LogP contribution in [0.3, 0.4) is 0 Å². The van der Waals surface area contributed by atoms with Gasteiger partial charge in [0, 0.05) is 13.8 Å². The predicted molar refractivity (Wildman–Crippen MR) is 138 cm³/mol. The van der Waals surface area contributed by atoms with E-state index in [9.17, 15) is 19.0 Å². The molecule has 39 heavy (non-hydrogen) atoms. The number of anilines is 1. The minimum Gasteiger partial charge on any atom is -0.465 e. The number of fused-ring (bicyclic) bond motifs is 1. The molecule has 3 rings (SSSR count). The summed E-state index contributed by atoms with van der Waals surface area (Å²) in [4.78, 5) is 24.2. The maximum absolute atomic E-state index is 15.1. The van der Waals surface area contributed by atoms with Crippen molar-refractivity contribution in [3.8, 4) is 0 Å². The van der Waals surface area contributed by atoms with Crippen LogP contribution in [-0.2, 0) is 36.8 Å². The minimum atomic E-state index is -4.56. The van der Waals surface area contributed by atoms with Crippen LogP contribution in [0.15, 0.2) is 6.33 Å². The van der Waals surface area contributed by atoms with Gasteiger partial charge in [0.1, 0.15) is 23.8 Å². The highest BCUT2D eigenvalue weighted by Gasteiger charge is 2.48. The number of hydrogen-bond acceptors (Lipinski definition) is 13. The van der Waals surface area contributed by atoms with E-state index < -0.39 is 58.6 Å². The topological polar surface area (TPSA) is 199 Å². The van der Waals surface area contributed by atoms with Crippen LogP contribution in [0.4, 0.5) is 10.2 Å². The summed E-state index contributed by atoms with van der Waals surface area (Å²) in [7, 11) is -7.58. The van der Waals surface area contributed by atoms with E-state index in [0.29, 0.717) is 6.42 Å². The van der Waals surface area contributed by atoms with Crippen molar-refractivity contribution in [2.45, 2.75) is 57.8 Å². The number of nitrogen functional groups attached to an aromatic ring is 1. The summed E-state index contributed by atoms with van der Waals surface area (Å²) >= 11 is 5.85. The number of carbonyl (C=O) groups excluding carboxylic acids is 1. The fraction of sp³-hybridized carbons (Fsp3) is 0.700. The molecule has 3 heterocycles. The highest BCUT2D eigenvalue weighted by Crippen LogP contribution is 2.61. The monoisotopic (exact) mass is 616 g/mol. The lowest BCUT2D eigenvalue weighted by molar-refractivity contribution is -0.146. The summed E-state index contributed by atoms with van der Waals surface area (Å²) in [5.41, 5.74) is 5.99. The van der Waals surface area contributed by atoms with Crippen molar-refractivity contribution in [3.05, 3.63) is 11.6 Å². The van der Waals surface area contributed by atoms with E-state index in [1.54, 1.807) is 13.8 Å². The summed E-state index contributed by atoms with van der Waals surface area (Å²) in [6.45, 7) is 5.70. The third-order valence-electron chi connectivity index (χ3n) is 5.99. The van der Waals surface area contributed by atoms with Crippen LogP contribution < -0.4 is 10.8 Å². The van der Waals surface area contributed by atoms with Crippen LogP contribution in [0, 0.1) is 5.92 Å². The lowest BCUT2D eigenvalue weighted by Crippen LogP contribution is -2.41. The van der Waals surface area contributed by atoms with E-state index in [0.717, 1.165) is 13.8 Å². The largest absolute Gasteiger partial charge is 0.481 e. The first-order valence-corrected chi connectivity index (χ1v) is 15.8. The second-order valence-corrected chi connectivity index (χ2v) is 13.3. The molecule has 0 aliphatic carbocycles. The molecule has 0 spiro atoms.